The number of primary amides is 1. The average Bonchev–Trinajstić information content (AvgIpc) is 3.75. The van der Waals surface area contributed by atoms with E-state index < -0.39 is 65.5 Å². The molecule has 7 atom stereocenters. The largest absolute Gasteiger partial charge is 0.491 e. The lowest BCUT2D eigenvalue weighted by Crippen LogP contribution is -2.55. The number of nitrogens with zero attached hydrogens (tertiary/aromatic N) is 1. The van der Waals surface area contributed by atoms with Crippen LogP contribution in [0.15, 0.2) is 133 Å². The number of hydrogen-bond acceptors (Lipinski definition) is 9. The van der Waals surface area contributed by atoms with Crippen molar-refractivity contribution in [3.8, 4) is 17.6 Å². The fourth-order valence-electron chi connectivity index (χ4n) is 9.01. The van der Waals surface area contributed by atoms with Crippen molar-refractivity contribution in [1.82, 2.24) is 15.5 Å². The lowest BCUT2D eigenvalue weighted by molar-refractivity contribution is -0.178. The Morgan fingerprint density at radius 2 is 1.53 bits per heavy atom. The maximum atomic E-state index is 15.4. The molecule has 4 amide bonds. The summed E-state index contributed by atoms with van der Waals surface area (Å²) in [6.45, 7) is -0.626. The van der Waals surface area contributed by atoms with Gasteiger partial charge in [0.05, 0.1) is 37.3 Å². The lowest BCUT2D eigenvalue weighted by atomic mass is 9.65. The first kappa shape index (κ1) is 39.8. The predicted octanol–water partition coefficient (Wildman–Crippen LogP) is 4.20. The van der Waals surface area contributed by atoms with Gasteiger partial charge >= 0.3 is 12.0 Å². The first-order chi connectivity index (χ1) is 29.2. The van der Waals surface area contributed by atoms with Crippen molar-refractivity contribution in [1.29, 1.82) is 0 Å². The molecule has 13 heteroatoms. The molecular weight excluding hydrogens is 763 g/mol. The number of ether oxygens (including phenoxy) is 2. The smallest absolute Gasteiger partial charge is 0.324 e. The van der Waals surface area contributed by atoms with Gasteiger partial charge in [0.1, 0.15) is 29.9 Å². The highest BCUT2D eigenvalue weighted by Gasteiger charge is 2.74. The van der Waals surface area contributed by atoms with E-state index in [2.05, 4.69) is 27.8 Å². The molecular formula is C47H43N5O8. The number of carbonyl (C=O) groups excluding carboxylic acids is 4. The molecule has 13 nitrogen and oxygen atoms in total. The summed E-state index contributed by atoms with van der Waals surface area (Å²) < 4.78 is 12.7. The highest BCUT2D eigenvalue weighted by Crippen LogP contribution is 2.65. The number of cyclic esters (lactones) is 1. The van der Waals surface area contributed by atoms with Gasteiger partial charge in [-0.05, 0) is 46.5 Å². The minimum absolute atomic E-state index is 0.0387. The summed E-state index contributed by atoms with van der Waals surface area (Å²) in [6.07, 6.45) is -1.99. The van der Waals surface area contributed by atoms with Gasteiger partial charge in [0.2, 0.25) is 11.8 Å². The minimum Gasteiger partial charge on any atom is -0.491 e. The summed E-state index contributed by atoms with van der Waals surface area (Å²) in [6, 6.07) is 36.0. The number of aliphatic hydroxyl groups is 2. The fourth-order valence-corrected chi connectivity index (χ4v) is 9.01. The fraction of sp³-hybridized carbons (Fsp3) is 0.234. The molecule has 0 aliphatic carbocycles. The number of benzene rings is 5. The van der Waals surface area contributed by atoms with Crippen LogP contribution in [0.4, 0.5) is 10.5 Å². The van der Waals surface area contributed by atoms with Gasteiger partial charge in [-0.3, -0.25) is 19.3 Å². The first-order valence-electron chi connectivity index (χ1n) is 19.6. The highest BCUT2D eigenvalue weighted by atomic mass is 16.6. The third-order valence-corrected chi connectivity index (χ3v) is 11.4. The summed E-state index contributed by atoms with van der Waals surface area (Å²) in [5.41, 5.74) is 7.19. The second-order valence-electron chi connectivity index (χ2n) is 14.8. The van der Waals surface area contributed by atoms with Gasteiger partial charge in [0.25, 0.3) is 0 Å². The molecule has 0 unspecified atom stereocenters. The van der Waals surface area contributed by atoms with Gasteiger partial charge in [-0.1, -0.05) is 121 Å². The number of aliphatic hydroxyl groups excluding tert-OH is 2. The Morgan fingerprint density at radius 3 is 2.23 bits per heavy atom. The number of anilines is 1. The van der Waals surface area contributed by atoms with Crippen LogP contribution < -0.4 is 26.4 Å². The van der Waals surface area contributed by atoms with Crippen molar-refractivity contribution in [2.45, 2.75) is 35.7 Å². The number of morpholine rings is 1. The van der Waals surface area contributed by atoms with Crippen LogP contribution in [0, 0.1) is 17.8 Å². The zero-order valence-electron chi connectivity index (χ0n) is 32.4. The third kappa shape index (κ3) is 7.21. The van der Waals surface area contributed by atoms with E-state index in [0.29, 0.717) is 39.3 Å². The minimum atomic E-state index is -1.86. The van der Waals surface area contributed by atoms with Gasteiger partial charge in [0, 0.05) is 23.4 Å². The SMILES string of the molecule is NC(=O)NCC#Cc1ccc2c(c1)[C@]1(C(=O)N2)[C@H](c2ccccc2OCCO)N2[C@H](c3ccccc3)[C@H](c3ccccc3)OC(=O)[C@H]2[C@@H]1C(=O)NC[C@H](O)c1ccccc1. The molecule has 0 bridgehead atoms. The number of carbonyl (C=O) groups is 4. The van der Waals surface area contributed by atoms with Gasteiger partial charge < -0.3 is 41.4 Å². The first-order valence-corrected chi connectivity index (χ1v) is 19.6. The molecule has 1 spiro atoms. The van der Waals surface area contributed by atoms with Crippen LogP contribution in [0.3, 0.4) is 0 Å². The van der Waals surface area contributed by atoms with Crippen molar-refractivity contribution in [3.05, 3.63) is 167 Å². The van der Waals surface area contributed by atoms with Crippen LogP contribution in [0.25, 0.3) is 0 Å². The van der Waals surface area contributed by atoms with Gasteiger partial charge in [0.15, 0.2) is 0 Å². The number of rotatable bonds is 11. The summed E-state index contributed by atoms with van der Waals surface area (Å²) in [5.74, 6) is 2.87. The monoisotopic (exact) mass is 805 g/mol. The summed E-state index contributed by atoms with van der Waals surface area (Å²) in [7, 11) is 0. The molecule has 304 valence electrons. The van der Waals surface area contributed by atoms with E-state index in [1.165, 1.54) is 0 Å². The third-order valence-electron chi connectivity index (χ3n) is 11.4. The zero-order chi connectivity index (χ0) is 41.8. The van der Waals surface area contributed by atoms with Crippen molar-refractivity contribution >= 4 is 29.5 Å². The van der Waals surface area contributed by atoms with Crippen LogP contribution in [0.2, 0.25) is 0 Å². The molecule has 5 aromatic rings. The molecule has 3 aliphatic rings. The number of para-hydroxylation sites is 1. The Kier molecular flexibility index (Phi) is 11.3. The molecule has 7 N–H and O–H groups in total. The molecule has 0 radical (unpaired) electrons. The quantitative estimate of drug-likeness (QED) is 0.0839. The number of fused-ring (bicyclic) bond motifs is 3. The molecule has 2 fully saturated rings. The molecule has 0 saturated carbocycles. The number of urea groups is 1. The Labute approximate surface area is 346 Å². The lowest BCUT2D eigenvalue weighted by Gasteiger charge is -2.46. The highest BCUT2D eigenvalue weighted by molar-refractivity contribution is 6.12. The molecule has 0 aromatic heterocycles. The van der Waals surface area contributed by atoms with E-state index in [9.17, 15) is 15.0 Å². The zero-order valence-corrected chi connectivity index (χ0v) is 32.4. The van der Waals surface area contributed by atoms with E-state index in [-0.39, 0.29) is 26.3 Å². The van der Waals surface area contributed by atoms with Crippen molar-refractivity contribution in [2.75, 3.05) is 31.6 Å². The normalized spacial score (nSPS) is 23.3. The Hall–Kier alpha value is -6.98. The van der Waals surface area contributed by atoms with Crippen molar-refractivity contribution in [3.63, 3.8) is 0 Å². The van der Waals surface area contributed by atoms with E-state index in [1.54, 1.807) is 66.7 Å². The Balaban J connectivity index is 1.39. The predicted molar refractivity (Wildman–Crippen MR) is 221 cm³/mol. The second kappa shape index (κ2) is 17.1. The van der Waals surface area contributed by atoms with E-state index >= 15 is 14.4 Å². The molecule has 3 heterocycles. The van der Waals surface area contributed by atoms with E-state index in [1.807, 2.05) is 71.6 Å². The number of nitrogens with two attached hydrogens (primary N) is 1. The van der Waals surface area contributed by atoms with Gasteiger partial charge in [-0.2, -0.15) is 0 Å². The summed E-state index contributed by atoms with van der Waals surface area (Å²) >= 11 is 0. The molecule has 8 rings (SSSR count). The van der Waals surface area contributed by atoms with E-state index in [0.717, 1.165) is 5.56 Å². The summed E-state index contributed by atoms with van der Waals surface area (Å²) in [5, 5.41) is 29.6. The second-order valence-corrected chi connectivity index (χ2v) is 14.8. The molecule has 5 aromatic carbocycles. The number of esters is 1. The van der Waals surface area contributed by atoms with E-state index in [4.69, 9.17) is 15.2 Å². The topological polar surface area (TPSA) is 193 Å². The maximum Gasteiger partial charge on any atom is 0.324 e. The van der Waals surface area contributed by atoms with Crippen LogP contribution in [0.5, 0.6) is 5.75 Å². The average molecular weight is 806 g/mol. The van der Waals surface area contributed by atoms with Crippen LogP contribution in [0.1, 0.15) is 57.7 Å². The molecule has 2 saturated heterocycles. The van der Waals surface area contributed by atoms with Crippen LogP contribution in [-0.2, 0) is 24.5 Å². The van der Waals surface area contributed by atoms with Crippen molar-refractivity contribution in [2.24, 2.45) is 11.7 Å². The standard InChI is InChI=1S/C47H43N5O8/c48-46(58)49-24-12-13-29-22-23-35-34(27-29)47(45(57)51-35)38(43(55)50-28-36(54)30-14-4-1-5-15-30)40-44(56)60-41(32-18-8-3-9-19-32)39(31-16-6-2-7-17-31)52(40)42(47)33-20-10-11-21-37(33)59-26-25-53/h1-11,14-23,27,36,38-42,53-54H,24-26,28H2,(H,50,55)(H,51,57)(H3,48,49,58)/t36-,38+,39+,40+,41-,42-,47+/m0/s1. The molecule has 60 heavy (non-hydrogen) atoms. The number of nitrogens with one attached hydrogen (secondary N) is 3. The van der Waals surface area contributed by atoms with Crippen LogP contribution >= 0.6 is 0 Å². The van der Waals surface area contributed by atoms with Crippen LogP contribution in [-0.4, -0.2) is 71.3 Å². The van der Waals surface area contributed by atoms with Gasteiger partial charge in [-0.15, -0.1) is 0 Å². The van der Waals surface area contributed by atoms with Gasteiger partial charge in [-0.25, -0.2) is 4.79 Å². The Bertz CT molecular complexity index is 2460. The maximum absolute atomic E-state index is 15.4. The molecule has 3 aliphatic heterocycles. The van der Waals surface area contributed by atoms with Crippen molar-refractivity contribution < 1.29 is 38.9 Å². The Morgan fingerprint density at radius 1 is 0.867 bits per heavy atom. The number of hydrogen-bond donors (Lipinski definition) is 6. The summed E-state index contributed by atoms with van der Waals surface area (Å²) in [4.78, 5) is 59.1. The number of amides is 4.